The quantitative estimate of drug-likeness (QED) is 0.514. The van der Waals surface area contributed by atoms with E-state index in [0.29, 0.717) is 12.2 Å². The van der Waals surface area contributed by atoms with Gasteiger partial charge < -0.3 is 4.74 Å². The number of fused-ring (bicyclic) bond motifs is 1. The lowest BCUT2D eigenvalue weighted by atomic mass is 9.80. The molecule has 0 unspecified atom stereocenters. The van der Waals surface area contributed by atoms with Gasteiger partial charge in [-0.05, 0) is 78.5 Å². The standard InChI is InChI=1S/C24H26O2S/c1-5-18-16-22-21(24(3,4)13-14-27-22)15-20(18)12-9-17-7-10-19(11-8-17)23(25)26-6-2/h7-8,10-11,15-16H,5-6,13-14H2,1-4H3. The van der Waals surface area contributed by atoms with Crippen LogP contribution in [-0.2, 0) is 16.6 Å². The maximum atomic E-state index is 11.8. The summed E-state index contributed by atoms with van der Waals surface area (Å²) in [5.74, 6) is 7.52. The predicted molar refractivity (Wildman–Crippen MR) is 113 cm³/mol. The molecule has 27 heavy (non-hydrogen) atoms. The molecule has 0 aromatic heterocycles. The first kappa shape index (κ1) is 19.6. The lowest BCUT2D eigenvalue weighted by molar-refractivity contribution is 0.0526. The monoisotopic (exact) mass is 378 g/mol. The van der Waals surface area contributed by atoms with Crippen molar-refractivity contribution in [1.29, 1.82) is 0 Å². The molecule has 1 heterocycles. The van der Waals surface area contributed by atoms with Crippen LogP contribution in [0, 0.1) is 11.8 Å². The normalized spacial score (nSPS) is 14.7. The van der Waals surface area contributed by atoms with E-state index in [-0.39, 0.29) is 11.4 Å². The zero-order valence-electron chi connectivity index (χ0n) is 16.5. The second-order valence-corrected chi connectivity index (χ2v) is 8.53. The van der Waals surface area contributed by atoms with Crippen LogP contribution in [-0.4, -0.2) is 18.3 Å². The summed E-state index contributed by atoms with van der Waals surface area (Å²) < 4.78 is 5.02. The zero-order chi connectivity index (χ0) is 19.4. The number of carbonyl (C=O) groups excluding carboxylic acids is 1. The van der Waals surface area contributed by atoms with Crippen molar-refractivity contribution in [1.82, 2.24) is 0 Å². The van der Waals surface area contributed by atoms with E-state index in [0.717, 1.165) is 17.5 Å². The van der Waals surface area contributed by atoms with Gasteiger partial charge in [0.25, 0.3) is 0 Å². The molecule has 0 N–H and O–H groups in total. The minimum atomic E-state index is -0.292. The Morgan fingerprint density at radius 1 is 1.15 bits per heavy atom. The van der Waals surface area contributed by atoms with Crippen LogP contribution < -0.4 is 0 Å². The van der Waals surface area contributed by atoms with Gasteiger partial charge in [-0.1, -0.05) is 32.6 Å². The molecule has 1 aliphatic heterocycles. The first-order valence-corrected chi connectivity index (χ1v) is 10.5. The molecule has 0 saturated heterocycles. The van der Waals surface area contributed by atoms with Crippen molar-refractivity contribution < 1.29 is 9.53 Å². The summed E-state index contributed by atoms with van der Waals surface area (Å²) in [5, 5.41) is 0. The minimum absolute atomic E-state index is 0.199. The van der Waals surface area contributed by atoms with Crippen LogP contribution in [0.4, 0.5) is 0 Å². The molecule has 0 atom stereocenters. The fraction of sp³-hybridized carbons (Fsp3) is 0.375. The molecule has 0 bridgehead atoms. The fourth-order valence-electron chi connectivity index (χ4n) is 3.27. The van der Waals surface area contributed by atoms with Crippen molar-refractivity contribution in [3.05, 3.63) is 64.2 Å². The Labute approximate surface area is 166 Å². The van der Waals surface area contributed by atoms with Crippen molar-refractivity contribution in [2.45, 2.75) is 50.8 Å². The molecular formula is C24H26O2S. The van der Waals surface area contributed by atoms with Crippen LogP contribution in [0.1, 0.15) is 66.7 Å². The van der Waals surface area contributed by atoms with Crippen molar-refractivity contribution in [2.75, 3.05) is 12.4 Å². The number of esters is 1. The molecule has 0 saturated carbocycles. The van der Waals surface area contributed by atoms with E-state index in [4.69, 9.17) is 4.74 Å². The summed E-state index contributed by atoms with van der Waals surface area (Å²) in [7, 11) is 0. The maximum absolute atomic E-state index is 11.8. The highest BCUT2D eigenvalue weighted by molar-refractivity contribution is 7.99. The molecule has 2 aromatic rings. The van der Waals surface area contributed by atoms with E-state index in [1.165, 1.54) is 28.2 Å². The number of rotatable bonds is 3. The summed E-state index contributed by atoms with van der Waals surface area (Å²) in [6.45, 7) is 9.01. The molecular weight excluding hydrogens is 352 g/mol. The highest BCUT2D eigenvalue weighted by atomic mass is 32.2. The highest BCUT2D eigenvalue weighted by Crippen LogP contribution is 2.42. The Balaban J connectivity index is 1.91. The van der Waals surface area contributed by atoms with Crippen LogP contribution in [0.3, 0.4) is 0 Å². The Hall–Kier alpha value is -2.18. The summed E-state index contributed by atoms with van der Waals surface area (Å²) >= 11 is 1.96. The second kappa shape index (κ2) is 8.23. The lowest BCUT2D eigenvalue weighted by Crippen LogP contribution is -2.23. The average molecular weight is 379 g/mol. The molecule has 0 aliphatic carbocycles. The Bertz CT molecular complexity index is 898. The van der Waals surface area contributed by atoms with Crippen LogP contribution >= 0.6 is 11.8 Å². The average Bonchev–Trinajstić information content (AvgIpc) is 2.66. The smallest absolute Gasteiger partial charge is 0.338 e. The summed E-state index contributed by atoms with van der Waals surface area (Å²) in [6, 6.07) is 11.9. The molecule has 0 spiro atoms. The third kappa shape index (κ3) is 4.39. The number of hydrogen-bond donors (Lipinski definition) is 0. The van der Waals surface area contributed by atoms with Gasteiger partial charge in [0.15, 0.2) is 0 Å². The summed E-state index contributed by atoms with van der Waals surface area (Å²) in [4.78, 5) is 13.2. The van der Waals surface area contributed by atoms with E-state index in [1.54, 1.807) is 19.1 Å². The molecule has 0 radical (unpaired) electrons. The first-order chi connectivity index (χ1) is 12.9. The Morgan fingerprint density at radius 2 is 1.89 bits per heavy atom. The number of carbonyl (C=O) groups is 1. The third-order valence-electron chi connectivity index (χ3n) is 5.04. The highest BCUT2D eigenvalue weighted by Gasteiger charge is 2.28. The Morgan fingerprint density at radius 3 is 2.56 bits per heavy atom. The van der Waals surface area contributed by atoms with Gasteiger partial charge in [-0.3, -0.25) is 0 Å². The van der Waals surface area contributed by atoms with Crippen molar-refractivity contribution >= 4 is 17.7 Å². The first-order valence-electron chi connectivity index (χ1n) is 9.54. The van der Waals surface area contributed by atoms with Gasteiger partial charge in [-0.25, -0.2) is 4.79 Å². The van der Waals surface area contributed by atoms with Gasteiger partial charge in [0, 0.05) is 16.0 Å². The molecule has 2 nitrogen and oxygen atoms in total. The molecule has 1 aliphatic rings. The summed E-state index contributed by atoms with van der Waals surface area (Å²) in [6.07, 6.45) is 2.17. The van der Waals surface area contributed by atoms with E-state index in [2.05, 4.69) is 44.7 Å². The van der Waals surface area contributed by atoms with Crippen LogP contribution in [0.25, 0.3) is 0 Å². The third-order valence-corrected chi connectivity index (χ3v) is 6.09. The molecule has 3 rings (SSSR count). The predicted octanol–water partition coefficient (Wildman–Crippen LogP) is 5.60. The van der Waals surface area contributed by atoms with Gasteiger partial charge in [-0.2, -0.15) is 0 Å². The van der Waals surface area contributed by atoms with Crippen molar-refractivity contribution in [3.8, 4) is 11.8 Å². The topological polar surface area (TPSA) is 26.3 Å². The zero-order valence-corrected chi connectivity index (χ0v) is 17.3. The number of benzene rings is 2. The van der Waals surface area contributed by atoms with Gasteiger partial charge in [-0.15, -0.1) is 11.8 Å². The Kier molecular flexibility index (Phi) is 5.97. The van der Waals surface area contributed by atoms with E-state index in [1.807, 2.05) is 23.9 Å². The van der Waals surface area contributed by atoms with E-state index in [9.17, 15) is 4.79 Å². The van der Waals surface area contributed by atoms with Crippen LogP contribution in [0.5, 0.6) is 0 Å². The van der Waals surface area contributed by atoms with Crippen LogP contribution in [0.2, 0.25) is 0 Å². The number of thioether (sulfide) groups is 1. The largest absolute Gasteiger partial charge is 0.462 e. The molecule has 3 heteroatoms. The second-order valence-electron chi connectivity index (χ2n) is 7.39. The van der Waals surface area contributed by atoms with E-state index < -0.39 is 0 Å². The number of hydrogen-bond acceptors (Lipinski definition) is 3. The molecule has 0 fully saturated rings. The van der Waals surface area contributed by atoms with E-state index >= 15 is 0 Å². The number of ether oxygens (including phenoxy) is 1. The van der Waals surface area contributed by atoms with Gasteiger partial charge in [0.05, 0.1) is 12.2 Å². The minimum Gasteiger partial charge on any atom is -0.462 e. The maximum Gasteiger partial charge on any atom is 0.338 e. The molecule has 140 valence electrons. The number of aryl methyl sites for hydroxylation is 1. The van der Waals surface area contributed by atoms with Crippen molar-refractivity contribution in [3.63, 3.8) is 0 Å². The summed E-state index contributed by atoms with van der Waals surface area (Å²) in [5.41, 5.74) is 5.49. The van der Waals surface area contributed by atoms with Crippen LogP contribution in [0.15, 0.2) is 41.3 Å². The SMILES string of the molecule is CCOC(=O)c1ccc(C#Cc2cc3c(cc2CC)SCCC3(C)C)cc1. The molecule has 0 amide bonds. The lowest BCUT2D eigenvalue weighted by Gasteiger charge is -2.32. The van der Waals surface area contributed by atoms with Gasteiger partial charge in [0.1, 0.15) is 0 Å². The van der Waals surface area contributed by atoms with Gasteiger partial charge >= 0.3 is 5.97 Å². The fourth-order valence-corrected chi connectivity index (χ4v) is 4.82. The van der Waals surface area contributed by atoms with Gasteiger partial charge in [0.2, 0.25) is 0 Å². The van der Waals surface area contributed by atoms with Crippen molar-refractivity contribution in [2.24, 2.45) is 0 Å². The molecule has 2 aromatic carbocycles.